The van der Waals surface area contributed by atoms with E-state index in [4.69, 9.17) is 8.83 Å². The molecule has 0 aliphatic rings. The van der Waals surface area contributed by atoms with Crippen molar-refractivity contribution < 1.29 is 8.83 Å². The summed E-state index contributed by atoms with van der Waals surface area (Å²) in [6.07, 6.45) is 4.25. The van der Waals surface area contributed by atoms with Crippen LogP contribution in [0.1, 0.15) is 38.8 Å². The van der Waals surface area contributed by atoms with Crippen LogP contribution in [0.3, 0.4) is 0 Å². The molecule has 0 atom stereocenters. The normalized spacial score (nSPS) is 12.0. The third kappa shape index (κ3) is 15.7. The topological polar surface area (TPSA) is 50.9 Å². The molecule has 7 nitrogen and oxygen atoms in total. The number of nitrogens with zero attached hydrogens (tertiary/aromatic N) is 5. The van der Waals surface area contributed by atoms with Crippen LogP contribution in [0.4, 0.5) is 0 Å². The molecule has 31 rings (SSSR count). The maximum absolute atomic E-state index is 6.34. The van der Waals surface area contributed by atoms with Crippen LogP contribution in [-0.4, -0.2) is 22.8 Å². The van der Waals surface area contributed by atoms with Gasteiger partial charge in [-0.15, -0.1) is 22.7 Å². The van der Waals surface area contributed by atoms with E-state index in [1.54, 1.807) is 0 Å². The number of para-hydroxylation sites is 10. The Hall–Kier alpha value is -15.5. The smallest absolute Gasteiger partial charge is 0.160 e. The van der Waals surface area contributed by atoms with E-state index in [0.717, 1.165) is 77.6 Å². The van der Waals surface area contributed by atoms with Crippen LogP contribution in [0.25, 0.3) is 260 Å². The summed E-state index contributed by atoms with van der Waals surface area (Å²) < 4.78 is 35.0. The van der Waals surface area contributed by atoms with Crippen molar-refractivity contribution in [1.82, 2.24) is 22.8 Å². The molecule has 0 fully saturated rings. The second kappa shape index (κ2) is 37.4. The predicted molar refractivity (Wildman–Crippen MR) is 657 cm³/mol. The lowest BCUT2D eigenvalue weighted by Gasteiger charge is -2.20. The fraction of sp³-hybridized carbons (Fsp3) is 0.0370. The number of aromatic nitrogens is 5. The van der Waals surface area contributed by atoms with Gasteiger partial charge < -0.3 is 31.7 Å². The van der Waals surface area contributed by atoms with Gasteiger partial charge in [-0.05, 0) is 230 Å². The lowest BCUT2D eigenvalue weighted by atomic mass is 9.85. The molecular formula is C135H88Br5N5O2S2. The number of hydrogen-bond acceptors (Lipinski definition) is 4. The molecule has 9 heterocycles. The monoisotopic (exact) mass is 2270 g/mol. The highest BCUT2D eigenvalue weighted by Crippen LogP contribution is 2.51. The van der Waals surface area contributed by atoms with Crippen LogP contribution in [0.5, 0.6) is 0 Å². The average molecular weight is 2280 g/mol. The molecule has 0 N–H and O–H groups in total. The Morgan fingerprint density at radius 2 is 0.651 bits per heavy atom. The molecule has 0 saturated heterocycles. The predicted octanol–water partition coefficient (Wildman–Crippen LogP) is 42.6. The molecule has 31 aromatic rings. The Morgan fingerprint density at radius 1 is 0.235 bits per heavy atom. The largest absolute Gasteiger partial charge is 0.456 e. The van der Waals surface area contributed by atoms with E-state index in [1.165, 1.54) is 210 Å². The zero-order valence-electron chi connectivity index (χ0n) is 81.1. The molecule has 0 spiro atoms. The van der Waals surface area contributed by atoms with E-state index in [0.29, 0.717) is 0 Å². The minimum atomic E-state index is 0.103. The number of thiophene rings is 2. The van der Waals surface area contributed by atoms with E-state index >= 15 is 0 Å². The molecule has 0 bridgehead atoms. The fourth-order valence-corrected chi connectivity index (χ4v) is 27.8. The molecular weight excluding hydrogens is 2190 g/mol. The van der Waals surface area contributed by atoms with Gasteiger partial charge in [0.2, 0.25) is 0 Å². The second-order valence-corrected chi connectivity index (χ2v) is 45.5. The minimum Gasteiger partial charge on any atom is -0.456 e. The number of hydrogen-bond donors (Lipinski definition) is 0. The first-order valence-electron chi connectivity index (χ1n) is 49.9. The maximum atomic E-state index is 6.34. The first kappa shape index (κ1) is 92.2. The molecule has 0 aliphatic heterocycles. The highest BCUT2D eigenvalue weighted by atomic mass is 79.9. The molecule has 0 amide bonds. The summed E-state index contributed by atoms with van der Waals surface area (Å²) in [6, 6.07) is 161. The number of allylic oxidation sites excluding steroid dienone is 1. The molecule has 9 aromatic heterocycles. The molecule has 14 heteroatoms. The van der Waals surface area contributed by atoms with Gasteiger partial charge in [-0.25, -0.2) is 0 Å². The second-order valence-electron chi connectivity index (χ2n) is 39.0. The van der Waals surface area contributed by atoms with Gasteiger partial charge in [-0.3, -0.25) is 0 Å². The third-order valence-corrected chi connectivity index (χ3v) is 34.9. The molecule has 0 radical (unpaired) electrons. The van der Waals surface area contributed by atoms with E-state index in [2.05, 4.69) is 567 Å². The lowest BCUT2D eigenvalue weighted by molar-refractivity contribution is 0.590. The summed E-state index contributed by atoms with van der Waals surface area (Å²) in [6.45, 7) is 8.83. The summed E-state index contributed by atoms with van der Waals surface area (Å²) >= 11 is 22.3. The van der Waals surface area contributed by atoms with Gasteiger partial charge in [-0.2, -0.15) is 0 Å². The standard InChI is InChI=1S/C32H18BrNS.C31H28BrN.2C24H14BrNO.C24H14BrNS/c33-25-17-29-31(23-13-3-1-9-19(23)25)32-24-14-4-2-12-22(24)28(18-30(32)35-29)34-26-15-7-5-10-20(26)21-11-6-8-16-27(21)34;1-5-8-21-11-16-28-27-9-6-7-10-29(27)33(30(28)17-21)26-14-12-22(13-15-26)23-18-24(31(2,3)4)20-25(32)19-23;25-18-13-14-21(24-23(18)17-9-3-6-12-22(17)27-24)26-19-10-4-1-7-15(19)16-8-2-5-11-20(16)26;25-15-9-11-23-19(13-15)20-14-16(10-12-24(20)27-23)26-21-7-3-1-5-17(21)18-6-2-4-8-22(18)26;25-19-11-5-9-17-18-10-6-14-22(24(18)27-23(17)19)26-20-12-3-1-7-15(20)16-8-2-4-13-21(16)26/h1-18H;5-20H,1-4H3;3*1-14H/b;8-5+;;;. The van der Waals surface area contributed by atoms with Crippen LogP contribution in [-0.2, 0) is 5.41 Å². The van der Waals surface area contributed by atoms with Gasteiger partial charge in [0.05, 0.1) is 76.9 Å². The summed E-state index contributed by atoms with van der Waals surface area (Å²) in [5.41, 5.74) is 26.8. The Labute approximate surface area is 907 Å². The van der Waals surface area contributed by atoms with Gasteiger partial charge in [-0.1, -0.05) is 382 Å². The zero-order valence-corrected chi connectivity index (χ0v) is 90.7. The van der Waals surface area contributed by atoms with Gasteiger partial charge in [0.25, 0.3) is 0 Å². The minimum absolute atomic E-state index is 0.103. The van der Waals surface area contributed by atoms with Gasteiger partial charge in [0.15, 0.2) is 5.58 Å². The van der Waals surface area contributed by atoms with E-state index in [-0.39, 0.29) is 5.41 Å². The van der Waals surface area contributed by atoms with Crippen molar-refractivity contribution in [1.29, 1.82) is 0 Å². The number of rotatable bonds is 7. The number of fused-ring (bicyclic) bond motifs is 31. The fourth-order valence-electron chi connectivity index (χ4n) is 22.7. The Morgan fingerprint density at radius 3 is 1.19 bits per heavy atom. The van der Waals surface area contributed by atoms with Crippen LogP contribution in [0.2, 0.25) is 0 Å². The van der Waals surface area contributed by atoms with Crippen molar-refractivity contribution in [3.05, 3.63) is 488 Å². The summed E-state index contributed by atoms with van der Waals surface area (Å²) in [5, 5.41) is 27.8. The molecule has 712 valence electrons. The van der Waals surface area contributed by atoms with Crippen molar-refractivity contribution in [2.24, 2.45) is 0 Å². The highest BCUT2D eigenvalue weighted by Gasteiger charge is 2.26. The number of halogens is 5. The maximum Gasteiger partial charge on any atom is 0.160 e. The Bertz CT molecular complexity index is 10700. The number of furan rings is 2. The van der Waals surface area contributed by atoms with Gasteiger partial charge >= 0.3 is 0 Å². The van der Waals surface area contributed by atoms with Crippen LogP contribution >= 0.6 is 102 Å². The first-order chi connectivity index (χ1) is 73.1. The zero-order chi connectivity index (χ0) is 100. The Balaban J connectivity index is 0.0000000921. The van der Waals surface area contributed by atoms with E-state index < -0.39 is 0 Å². The quantitative estimate of drug-likeness (QED) is 0.160. The molecule has 0 saturated carbocycles. The summed E-state index contributed by atoms with van der Waals surface area (Å²) in [5.74, 6) is 0. The summed E-state index contributed by atoms with van der Waals surface area (Å²) in [7, 11) is 0. The van der Waals surface area contributed by atoms with Crippen LogP contribution in [0, 0.1) is 0 Å². The average Bonchev–Trinajstić information content (AvgIpc) is 1.54. The third-order valence-electron chi connectivity index (χ3n) is 29.3. The van der Waals surface area contributed by atoms with Crippen molar-refractivity contribution in [2.45, 2.75) is 33.1 Å². The van der Waals surface area contributed by atoms with E-state index in [1.807, 2.05) is 46.9 Å². The van der Waals surface area contributed by atoms with Gasteiger partial charge in [0.1, 0.15) is 16.7 Å². The van der Waals surface area contributed by atoms with Crippen LogP contribution in [0.15, 0.2) is 486 Å². The molecule has 0 unspecified atom stereocenters. The number of benzene rings is 22. The van der Waals surface area contributed by atoms with Crippen molar-refractivity contribution in [2.75, 3.05) is 0 Å². The molecule has 22 aromatic carbocycles. The molecule has 149 heavy (non-hydrogen) atoms. The highest BCUT2D eigenvalue weighted by molar-refractivity contribution is 9.11. The van der Waals surface area contributed by atoms with Crippen LogP contribution < -0.4 is 0 Å². The summed E-state index contributed by atoms with van der Waals surface area (Å²) in [4.78, 5) is 0. The van der Waals surface area contributed by atoms with Crippen molar-refractivity contribution >= 4 is 323 Å². The first-order valence-corrected chi connectivity index (χ1v) is 55.5. The Kier molecular flexibility index (Phi) is 23.2. The lowest BCUT2D eigenvalue weighted by Crippen LogP contribution is -2.11. The molecule has 0 aliphatic carbocycles. The van der Waals surface area contributed by atoms with Gasteiger partial charge in [0, 0.05) is 150 Å². The van der Waals surface area contributed by atoms with Crippen molar-refractivity contribution in [3.63, 3.8) is 0 Å². The van der Waals surface area contributed by atoms with E-state index in [9.17, 15) is 0 Å². The van der Waals surface area contributed by atoms with Crippen molar-refractivity contribution in [3.8, 4) is 39.6 Å². The SMILES string of the molecule is Brc1cc2sc3cc(-n4c5ccccc5c5ccccc54)c4ccccc4c3c2c2ccccc12.Brc1ccc(-n2c3ccccc3c3ccccc32)c2oc3ccccc3c12.Brc1ccc2oc3ccc(-n4c5ccccc5c5ccccc54)cc3c2c1.Brc1cccc2c1sc1c(-n3c4ccccc4c4ccccc43)cccc12.C/C=C/c1ccc2c3ccccc3n(-c3ccc(-c4cc(Br)cc(C(C)(C)C)c4)cc3)c2c1.